The van der Waals surface area contributed by atoms with Crippen LogP contribution in [-0.2, 0) is 17.9 Å². The molecule has 0 aliphatic carbocycles. The molecule has 0 saturated carbocycles. The molecule has 2 N–H and O–H groups in total. The van der Waals surface area contributed by atoms with E-state index in [9.17, 15) is 4.79 Å². The first-order valence-corrected chi connectivity index (χ1v) is 6.21. The fourth-order valence-corrected chi connectivity index (χ4v) is 1.66. The summed E-state index contributed by atoms with van der Waals surface area (Å²) in [4.78, 5) is 11.5. The Kier molecular flexibility index (Phi) is 6.33. The van der Waals surface area contributed by atoms with E-state index >= 15 is 0 Å². The first-order valence-electron chi connectivity index (χ1n) is 6.21. The topological polar surface area (TPSA) is 49.3 Å². The first kappa shape index (κ1) is 13.7. The van der Waals surface area contributed by atoms with Gasteiger partial charge < -0.3 is 10.4 Å². The predicted molar refractivity (Wildman–Crippen MR) is 68.4 cm³/mol. The van der Waals surface area contributed by atoms with Gasteiger partial charge in [0.25, 0.3) is 0 Å². The molecule has 17 heavy (non-hydrogen) atoms. The van der Waals surface area contributed by atoms with Gasteiger partial charge in [-0.25, -0.2) is 0 Å². The molecule has 0 spiro atoms. The summed E-state index contributed by atoms with van der Waals surface area (Å²) in [6.45, 7) is 2.70. The third-order valence-corrected chi connectivity index (χ3v) is 2.67. The van der Waals surface area contributed by atoms with Crippen molar-refractivity contribution in [2.75, 3.05) is 0 Å². The molecule has 1 aromatic carbocycles. The summed E-state index contributed by atoms with van der Waals surface area (Å²) in [5, 5.41) is 11.9. The van der Waals surface area contributed by atoms with Crippen LogP contribution in [0, 0.1) is 0 Å². The van der Waals surface area contributed by atoms with Crippen molar-refractivity contribution in [2.24, 2.45) is 0 Å². The Bertz CT molecular complexity index is 350. The quantitative estimate of drug-likeness (QED) is 0.713. The molecule has 1 amide bonds. The maximum Gasteiger partial charge on any atom is 0.220 e. The van der Waals surface area contributed by atoms with Crippen LogP contribution < -0.4 is 5.32 Å². The van der Waals surface area contributed by atoms with Crippen LogP contribution in [0.15, 0.2) is 24.3 Å². The smallest absolute Gasteiger partial charge is 0.220 e. The lowest BCUT2D eigenvalue weighted by Gasteiger charge is -2.06. The van der Waals surface area contributed by atoms with Gasteiger partial charge >= 0.3 is 0 Å². The monoisotopic (exact) mass is 235 g/mol. The van der Waals surface area contributed by atoms with E-state index in [1.807, 2.05) is 24.3 Å². The Balaban J connectivity index is 2.31. The summed E-state index contributed by atoms with van der Waals surface area (Å²) in [6.07, 6.45) is 3.80. The lowest BCUT2D eigenvalue weighted by Crippen LogP contribution is -2.22. The number of aliphatic hydroxyl groups excluding tert-OH is 1. The van der Waals surface area contributed by atoms with Gasteiger partial charge in [-0.15, -0.1) is 0 Å². The standard InChI is InChI=1S/C14H21NO2/c1-2-3-4-8-14(17)15-10-12-6-5-7-13(9-12)11-16/h5-7,9,16H,2-4,8,10-11H2,1H3,(H,15,17). The number of unbranched alkanes of at least 4 members (excludes halogenated alkanes) is 2. The molecule has 3 nitrogen and oxygen atoms in total. The third kappa shape index (κ3) is 5.50. The maximum atomic E-state index is 11.5. The molecule has 3 heteroatoms. The Hall–Kier alpha value is -1.35. The highest BCUT2D eigenvalue weighted by atomic mass is 16.3. The lowest BCUT2D eigenvalue weighted by atomic mass is 10.1. The highest BCUT2D eigenvalue weighted by Gasteiger charge is 2.01. The van der Waals surface area contributed by atoms with Gasteiger partial charge in [-0.2, -0.15) is 0 Å². The first-order chi connectivity index (χ1) is 8.26. The van der Waals surface area contributed by atoms with Gasteiger partial charge in [0, 0.05) is 13.0 Å². The SMILES string of the molecule is CCCCCC(=O)NCc1cccc(CO)c1. The van der Waals surface area contributed by atoms with Crippen LogP contribution in [-0.4, -0.2) is 11.0 Å². The van der Waals surface area contributed by atoms with E-state index < -0.39 is 0 Å². The second kappa shape index (κ2) is 7.85. The molecule has 0 unspecified atom stereocenters. The zero-order chi connectivity index (χ0) is 12.5. The summed E-state index contributed by atoms with van der Waals surface area (Å²) in [5.41, 5.74) is 1.91. The highest BCUT2D eigenvalue weighted by molar-refractivity contribution is 5.75. The number of carbonyl (C=O) groups is 1. The summed E-state index contributed by atoms with van der Waals surface area (Å²) in [5.74, 6) is 0.104. The number of amides is 1. The molecule has 0 heterocycles. The van der Waals surface area contributed by atoms with E-state index in [1.165, 1.54) is 0 Å². The molecule has 0 saturated heterocycles. The van der Waals surface area contributed by atoms with E-state index in [1.54, 1.807) is 0 Å². The average Bonchev–Trinajstić information content (AvgIpc) is 2.37. The Labute approximate surface area is 103 Å². The van der Waals surface area contributed by atoms with Gasteiger partial charge in [0.2, 0.25) is 5.91 Å². The molecule has 0 atom stereocenters. The Morgan fingerprint density at radius 2 is 2.06 bits per heavy atom. The number of hydrogen-bond donors (Lipinski definition) is 2. The largest absolute Gasteiger partial charge is 0.392 e. The van der Waals surface area contributed by atoms with Crippen molar-refractivity contribution >= 4 is 5.91 Å². The van der Waals surface area contributed by atoms with Crippen LogP contribution in [0.5, 0.6) is 0 Å². The molecular weight excluding hydrogens is 214 g/mol. The minimum absolute atomic E-state index is 0.0400. The number of benzene rings is 1. The third-order valence-electron chi connectivity index (χ3n) is 2.67. The number of hydrogen-bond acceptors (Lipinski definition) is 2. The van der Waals surface area contributed by atoms with Gasteiger partial charge in [-0.3, -0.25) is 4.79 Å². The van der Waals surface area contributed by atoms with Crippen LogP contribution in [0.4, 0.5) is 0 Å². The van der Waals surface area contributed by atoms with Crippen LogP contribution in [0.25, 0.3) is 0 Å². The van der Waals surface area contributed by atoms with Crippen molar-refractivity contribution < 1.29 is 9.90 Å². The summed E-state index contributed by atoms with van der Waals surface area (Å²) >= 11 is 0. The van der Waals surface area contributed by atoms with Crippen molar-refractivity contribution in [3.8, 4) is 0 Å². The van der Waals surface area contributed by atoms with Crippen molar-refractivity contribution in [2.45, 2.75) is 45.8 Å². The molecule has 0 fully saturated rings. The zero-order valence-corrected chi connectivity index (χ0v) is 10.4. The fourth-order valence-electron chi connectivity index (χ4n) is 1.66. The highest BCUT2D eigenvalue weighted by Crippen LogP contribution is 2.05. The average molecular weight is 235 g/mol. The van der Waals surface area contributed by atoms with E-state index in [2.05, 4.69) is 12.2 Å². The number of nitrogens with one attached hydrogen (secondary N) is 1. The van der Waals surface area contributed by atoms with E-state index in [4.69, 9.17) is 5.11 Å². The maximum absolute atomic E-state index is 11.5. The molecule has 1 aromatic rings. The molecule has 1 rings (SSSR count). The van der Waals surface area contributed by atoms with E-state index in [0.29, 0.717) is 13.0 Å². The van der Waals surface area contributed by atoms with Crippen molar-refractivity contribution in [3.05, 3.63) is 35.4 Å². The number of aliphatic hydroxyl groups is 1. The van der Waals surface area contributed by atoms with Crippen molar-refractivity contribution in [1.82, 2.24) is 5.32 Å². The van der Waals surface area contributed by atoms with Gasteiger partial charge in [0.15, 0.2) is 0 Å². The van der Waals surface area contributed by atoms with Crippen molar-refractivity contribution in [1.29, 1.82) is 0 Å². The molecule has 0 bridgehead atoms. The van der Waals surface area contributed by atoms with Gasteiger partial charge in [0.05, 0.1) is 6.61 Å². The predicted octanol–water partition coefficient (Wildman–Crippen LogP) is 2.38. The summed E-state index contributed by atoms with van der Waals surface area (Å²) in [7, 11) is 0. The van der Waals surface area contributed by atoms with E-state index in [-0.39, 0.29) is 12.5 Å². The van der Waals surface area contributed by atoms with Crippen LogP contribution in [0.1, 0.15) is 43.7 Å². The van der Waals surface area contributed by atoms with Crippen LogP contribution in [0.2, 0.25) is 0 Å². The molecule has 0 aliphatic rings. The Morgan fingerprint density at radius 3 is 2.76 bits per heavy atom. The van der Waals surface area contributed by atoms with Crippen molar-refractivity contribution in [3.63, 3.8) is 0 Å². The number of carbonyl (C=O) groups excluding carboxylic acids is 1. The summed E-state index contributed by atoms with van der Waals surface area (Å²) < 4.78 is 0. The van der Waals surface area contributed by atoms with Gasteiger partial charge in [-0.05, 0) is 17.5 Å². The minimum Gasteiger partial charge on any atom is -0.392 e. The molecule has 0 aliphatic heterocycles. The van der Waals surface area contributed by atoms with Gasteiger partial charge in [-0.1, -0.05) is 44.0 Å². The molecule has 0 radical (unpaired) electrons. The normalized spacial score (nSPS) is 10.2. The van der Waals surface area contributed by atoms with Gasteiger partial charge in [0.1, 0.15) is 0 Å². The fraction of sp³-hybridized carbons (Fsp3) is 0.500. The molecule has 94 valence electrons. The lowest BCUT2D eigenvalue weighted by molar-refractivity contribution is -0.121. The second-order valence-corrected chi connectivity index (χ2v) is 4.21. The Morgan fingerprint density at radius 1 is 1.29 bits per heavy atom. The molecular formula is C14H21NO2. The molecule has 0 aromatic heterocycles. The summed E-state index contributed by atoms with van der Waals surface area (Å²) in [6, 6.07) is 7.62. The number of rotatable bonds is 7. The second-order valence-electron chi connectivity index (χ2n) is 4.21. The minimum atomic E-state index is 0.0400. The van der Waals surface area contributed by atoms with E-state index in [0.717, 1.165) is 30.4 Å². The zero-order valence-electron chi connectivity index (χ0n) is 10.4. The van der Waals surface area contributed by atoms with Crippen LogP contribution in [0.3, 0.4) is 0 Å². The van der Waals surface area contributed by atoms with Crippen LogP contribution >= 0.6 is 0 Å².